The molecular weight excluding hydrogens is 468 g/mol. The van der Waals surface area contributed by atoms with Crippen LogP contribution in [0.25, 0.3) is 0 Å². The number of ether oxygens (including phenoxy) is 2. The fraction of sp³-hybridized carbons (Fsp3) is 0.750. The lowest BCUT2D eigenvalue weighted by molar-refractivity contribution is 0.0288. The van der Waals surface area contributed by atoms with Gasteiger partial charge in [0, 0.05) is 32.7 Å². The van der Waals surface area contributed by atoms with Crippen molar-refractivity contribution >= 4 is 33.7 Å². The number of primary amides is 1. The first-order valence-electron chi connectivity index (χ1n) is 10.8. The van der Waals surface area contributed by atoms with Crippen molar-refractivity contribution in [2.45, 2.75) is 45.3 Å². The Morgan fingerprint density at radius 1 is 1.29 bits per heavy atom. The molecule has 0 spiro atoms. The Morgan fingerprint density at radius 2 is 2.00 bits per heavy atom. The number of hydrogen-bond donors (Lipinski definition) is 2. The highest BCUT2D eigenvalue weighted by Gasteiger charge is 2.34. The first kappa shape index (κ1) is 23.8. The lowest BCUT2D eigenvalue weighted by Gasteiger charge is -2.26. The van der Waals surface area contributed by atoms with Gasteiger partial charge in [-0.2, -0.15) is 5.10 Å². The average Bonchev–Trinajstić information content (AvgIpc) is 3.29. The van der Waals surface area contributed by atoms with Crippen LogP contribution in [-0.2, 0) is 9.47 Å². The number of amides is 2. The molecule has 0 saturated carbocycles. The van der Waals surface area contributed by atoms with E-state index in [1.807, 2.05) is 20.8 Å². The van der Waals surface area contributed by atoms with E-state index in [9.17, 15) is 9.59 Å². The van der Waals surface area contributed by atoms with Gasteiger partial charge in [-0.1, -0.05) is 0 Å². The number of anilines is 1. The number of rotatable bonds is 7. The summed E-state index contributed by atoms with van der Waals surface area (Å²) >= 11 is 3.37. The van der Waals surface area contributed by atoms with E-state index in [1.165, 1.54) is 0 Å². The molecule has 11 heteroatoms. The van der Waals surface area contributed by atoms with Gasteiger partial charge in [0.2, 0.25) is 0 Å². The second kappa shape index (κ2) is 10.2. The normalized spacial score (nSPS) is 20.1. The van der Waals surface area contributed by atoms with E-state index < -0.39 is 11.5 Å². The number of carbonyl (C=O) groups excluding carboxylic acids is 2. The lowest BCUT2D eigenvalue weighted by Crippen LogP contribution is -2.37. The summed E-state index contributed by atoms with van der Waals surface area (Å²) in [5.74, 6) is 0.0493. The Labute approximate surface area is 191 Å². The van der Waals surface area contributed by atoms with Crippen LogP contribution in [0.1, 0.15) is 50.0 Å². The summed E-state index contributed by atoms with van der Waals surface area (Å²) in [5.41, 5.74) is 5.41. The molecule has 0 radical (unpaired) electrons. The molecule has 0 unspecified atom stereocenters. The summed E-state index contributed by atoms with van der Waals surface area (Å²) < 4.78 is 13.1. The maximum atomic E-state index is 12.4. The van der Waals surface area contributed by atoms with Gasteiger partial charge in [0.05, 0.1) is 19.3 Å². The molecule has 2 aliphatic rings. The number of morpholine rings is 1. The number of carbonyl (C=O) groups is 2. The predicted octanol–water partition coefficient (Wildman–Crippen LogP) is 2.06. The Bertz CT molecular complexity index is 787. The van der Waals surface area contributed by atoms with Crippen molar-refractivity contribution in [2.75, 3.05) is 57.8 Å². The smallest absolute Gasteiger partial charge is 0.410 e. The fourth-order valence-corrected chi connectivity index (χ4v) is 4.38. The van der Waals surface area contributed by atoms with Crippen LogP contribution in [0.3, 0.4) is 0 Å². The molecule has 174 valence electrons. The molecule has 10 nitrogen and oxygen atoms in total. The molecule has 2 saturated heterocycles. The van der Waals surface area contributed by atoms with E-state index in [0.717, 1.165) is 39.3 Å². The molecule has 2 aliphatic heterocycles. The fourth-order valence-electron chi connectivity index (χ4n) is 3.83. The predicted molar refractivity (Wildman–Crippen MR) is 120 cm³/mol. The summed E-state index contributed by atoms with van der Waals surface area (Å²) in [4.78, 5) is 28.5. The Hall–Kier alpha value is -1.85. The third-order valence-electron chi connectivity index (χ3n) is 5.32. The standard InChI is InChI=1S/C20H33BrN6O4/c1-20(2,3)31-19(29)26-8-5-14(13-26)27-18(15(17(22)28)16(21)24-27)23-6-4-7-25-9-11-30-12-10-25/h14,23H,4-13H2,1-3H3,(H2,22,28)/t14-/m0/s1. The van der Waals surface area contributed by atoms with Crippen molar-refractivity contribution in [2.24, 2.45) is 5.73 Å². The van der Waals surface area contributed by atoms with E-state index in [4.69, 9.17) is 15.2 Å². The van der Waals surface area contributed by atoms with Gasteiger partial charge in [-0.05, 0) is 56.1 Å². The number of hydrogen-bond acceptors (Lipinski definition) is 7. The van der Waals surface area contributed by atoms with Crippen LogP contribution in [0, 0.1) is 0 Å². The first-order valence-corrected chi connectivity index (χ1v) is 11.5. The molecule has 1 atom stereocenters. The molecule has 31 heavy (non-hydrogen) atoms. The highest BCUT2D eigenvalue weighted by Crippen LogP contribution is 2.32. The quantitative estimate of drug-likeness (QED) is 0.550. The molecule has 1 aromatic rings. The minimum atomic E-state index is -0.546. The average molecular weight is 501 g/mol. The van der Waals surface area contributed by atoms with Crippen LogP contribution in [0.5, 0.6) is 0 Å². The zero-order valence-electron chi connectivity index (χ0n) is 18.5. The van der Waals surface area contributed by atoms with Crippen LogP contribution in [0.4, 0.5) is 10.6 Å². The maximum absolute atomic E-state index is 12.4. The van der Waals surface area contributed by atoms with Crippen molar-refractivity contribution in [3.8, 4) is 0 Å². The molecule has 2 amide bonds. The number of aromatic nitrogens is 2. The largest absolute Gasteiger partial charge is 0.444 e. The SMILES string of the molecule is CC(C)(C)OC(=O)N1CC[C@H](n2nc(Br)c(C(N)=O)c2NCCCN2CCOCC2)C1. The summed E-state index contributed by atoms with van der Waals surface area (Å²) in [5, 5.41) is 7.87. The van der Waals surface area contributed by atoms with Crippen molar-refractivity contribution in [3.05, 3.63) is 10.2 Å². The summed E-state index contributed by atoms with van der Waals surface area (Å²) in [6.45, 7) is 11.6. The summed E-state index contributed by atoms with van der Waals surface area (Å²) in [6.07, 6.45) is 1.29. The van der Waals surface area contributed by atoms with Crippen molar-refractivity contribution < 1.29 is 19.1 Å². The summed E-state index contributed by atoms with van der Waals surface area (Å²) in [6, 6.07) is -0.0707. The Balaban J connectivity index is 1.65. The zero-order valence-corrected chi connectivity index (χ0v) is 20.1. The molecular formula is C20H33BrN6O4. The highest BCUT2D eigenvalue weighted by atomic mass is 79.9. The number of likely N-dealkylation sites (tertiary alicyclic amines) is 1. The molecule has 3 rings (SSSR count). The van der Waals surface area contributed by atoms with E-state index in [0.29, 0.717) is 42.0 Å². The van der Waals surface area contributed by atoms with Crippen LogP contribution in [0.2, 0.25) is 0 Å². The molecule has 3 N–H and O–H groups in total. The number of nitrogens with two attached hydrogens (primary N) is 1. The Kier molecular flexibility index (Phi) is 7.82. The first-order chi connectivity index (χ1) is 14.7. The molecule has 3 heterocycles. The van der Waals surface area contributed by atoms with Gasteiger partial charge >= 0.3 is 6.09 Å². The molecule has 2 fully saturated rings. The lowest BCUT2D eigenvalue weighted by atomic mass is 10.2. The maximum Gasteiger partial charge on any atom is 0.410 e. The van der Waals surface area contributed by atoms with Crippen molar-refractivity contribution in [1.82, 2.24) is 19.6 Å². The van der Waals surface area contributed by atoms with Gasteiger partial charge < -0.3 is 25.4 Å². The van der Waals surface area contributed by atoms with Gasteiger partial charge in [-0.25, -0.2) is 9.48 Å². The second-order valence-electron chi connectivity index (χ2n) is 8.93. The van der Waals surface area contributed by atoms with Crippen LogP contribution >= 0.6 is 15.9 Å². The van der Waals surface area contributed by atoms with Crippen LogP contribution in [0.15, 0.2) is 4.60 Å². The minimum absolute atomic E-state index is 0.0707. The second-order valence-corrected chi connectivity index (χ2v) is 9.68. The number of nitrogens with one attached hydrogen (secondary N) is 1. The van der Waals surface area contributed by atoms with Crippen molar-refractivity contribution in [1.29, 1.82) is 0 Å². The molecule has 0 aliphatic carbocycles. The minimum Gasteiger partial charge on any atom is -0.444 e. The van der Waals surface area contributed by atoms with Gasteiger partial charge in [0.1, 0.15) is 21.6 Å². The molecule has 0 aromatic carbocycles. The van der Waals surface area contributed by atoms with E-state index in [2.05, 4.69) is 31.2 Å². The third kappa shape index (κ3) is 6.33. The zero-order chi connectivity index (χ0) is 22.6. The van der Waals surface area contributed by atoms with Gasteiger partial charge in [-0.15, -0.1) is 0 Å². The van der Waals surface area contributed by atoms with E-state index in [-0.39, 0.29) is 12.1 Å². The highest BCUT2D eigenvalue weighted by molar-refractivity contribution is 9.10. The van der Waals surface area contributed by atoms with Gasteiger partial charge in [-0.3, -0.25) is 9.69 Å². The molecule has 1 aromatic heterocycles. The van der Waals surface area contributed by atoms with E-state index >= 15 is 0 Å². The number of nitrogens with zero attached hydrogens (tertiary/aromatic N) is 4. The number of halogens is 1. The van der Waals surface area contributed by atoms with Crippen LogP contribution in [-0.4, -0.2) is 89.7 Å². The van der Waals surface area contributed by atoms with Gasteiger partial charge in [0.25, 0.3) is 5.91 Å². The topological polar surface area (TPSA) is 115 Å². The Morgan fingerprint density at radius 3 is 2.65 bits per heavy atom. The monoisotopic (exact) mass is 500 g/mol. The molecule has 0 bridgehead atoms. The summed E-state index contributed by atoms with van der Waals surface area (Å²) in [7, 11) is 0. The van der Waals surface area contributed by atoms with Gasteiger partial charge in [0.15, 0.2) is 0 Å². The third-order valence-corrected chi connectivity index (χ3v) is 5.88. The van der Waals surface area contributed by atoms with E-state index in [1.54, 1.807) is 9.58 Å². The van der Waals surface area contributed by atoms with Crippen LogP contribution < -0.4 is 11.1 Å². The van der Waals surface area contributed by atoms with Crippen molar-refractivity contribution in [3.63, 3.8) is 0 Å².